The lowest BCUT2D eigenvalue weighted by atomic mass is 10.2. The average Bonchev–Trinajstić information content (AvgIpc) is 3.22. The molecular weight excluding hydrogens is 436 g/mol. The summed E-state index contributed by atoms with van der Waals surface area (Å²) in [6.07, 6.45) is 1.50. The number of methoxy groups -OCH3 is 2. The number of carbonyl (C=O) groups excluding carboxylic acids is 3. The topological polar surface area (TPSA) is 128 Å². The lowest BCUT2D eigenvalue weighted by Gasteiger charge is -2.12. The fraction of sp³-hybridized carbons (Fsp3) is 0.190. The van der Waals surface area contributed by atoms with E-state index in [1.165, 1.54) is 32.2 Å². The Balaban J connectivity index is 1.61. The SMILES string of the molecule is COC(=O)c1ccccc1NC(=O)COc1ccc(C=NN=C2NC(=O)CS2)cc1OC. The highest BCUT2D eigenvalue weighted by Crippen LogP contribution is 2.27. The molecule has 1 heterocycles. The second-order valence-corrected chi connectivity index (χ2v) is 7.23. The molecule has 0 aromatic heterocycles. The van der Waals surface area contributed by atoms with E-state index in [0.29, 0.717) is 33.7 Å². The summed E-state index contributed by atoms with van der Waals surface area (Å²) in [5.74, 6) is -0.0413. The van der Waals surface area contributed by atoms with Gasteiger partial charge in [-0.25, -0.2) is 4.79 Å². The Morgan fingerprint density at radius 1 is 1.19 bits per heavy atom. The summed E-state index contributed by atoms with van der Waals surface area (Å²) in [5.41, 5.74) is 1.25. The van der Waals surface area contributed by atoms with Gasteiger partial charge in [-0.3, -0.25) is 9.59 Å². The first kappa shape index (κ1) is 22.8. The highest BCUT2D eigenvalue weighted by Gasteiger charge is 2.16. The van der Waals surface area contributed by atoms with E-state index in [9.17, 15) is 14.4 Å². The lowest BCUT2D eigenvalue weighted by molar-refractivity contribution is -0.118. The largest absolute Gasteiger partial charge is 0.493 e. The molecule has 1 aliphatic heterocycles. The molecule has 2 aromatic rings. The van der Waals surface area contributed by atoms with Crippen molar-refractivity contribution in [3.05, 3.63) is 53.6 Å². The minimum Gasteiger partial charge on any atom is -0.493 e. The van der Waals surface area contributed by atoms with Crippen LogP contribution in [0.4, 0.5) is 5.69 Å². The first-order valence-corrected chi connectivity index (χ1v) is 10.3. The number of anilines is 1. The number of benzene rings is 2. The zero-order chi connectivity index (χ0) is 22.9. The van der Waals surface area contributed by atoms with Crippen molar-refractivity contribution >= 4 is 46.6 Å². The number of carbonyl (C=O) groups is 3. The first-order chi connectivity index (χ1) is 15.5. The Hall–Kier alpha value is -3.86. The van der Waals surface area contributed by atoms with E-state index in [1.807, 2.05) is 0 Å². The molecule has 10 nitrogen and oxygen atoms in total. The van der Waals surface area contributed by atoms with Gasteiger partial charge in [0.1, 0.15) is 0 Å². The van der Waals surface area contributed by atoms with E-state index in [2.05, 4.69) is 20.8 Å². The molecule has 166 valence electrons. The molecule has 2 N–H and O–H groups in total. The fourth-order valence-electron chi connectivity index (χ4n) is 2.62. The van der Waals surface area contributed by atoms with Gasteiger partial charge in [0.15, 0.2) is 23.3 Å². The van der Waals surface area contributed by atoms with Crippen molar-refractivity contribution < 1.29 is 28.6 Å². The van der Waals surface area contributed by atoms with E-state index in [0.717, 1.165) is 0 Å². The van der Waals surface area contributed by atoms with Crippen LogP contribution >= 0.6 is 11.8 Å². The summed E-state index contributed by atoms with van der Waals surface area (Å²) >= 11 is 1.28. The molecule has 0 saturated carbocycles. The van der Waals surface area contributed by atoms with Crippen LogP contribution in [0.15, 0.2) is 52.7 Å². The van der Waals surface area contributed by atoms with Crippen molar-refractivity contribution in [2.45, 2.75) is 0 Å². The van der Waals surface area contributed by atoms with Gasteiger partial charge in [0, 0.05) is 0 Å². The number of hydrogen-bond donors (Lipinski definition) is 2. The fourth-order valence-corrected chi connectivity index (χ4v) is 3.25. The van der Waals surface area contributed by atoms with Crippen molar-refractivity contribution in [3.63, 3.8) is 0 Å². The minimum atomic E-state index is -0.556. The summed E-state index contributed by atoms with van der Waals surface area (Å²) in [6.45, 7) is -0.302. The zero-order valence-corrected chi connectivity index (χ0v) is 18.1. The number of esters is 1. The Morgan fingerprint density at radius 2 is 2.00 bits per heavy atom. The van der Waals surface area contributed by atoms with Crippen LogP contribution < -0.4 is 20.1 Å². The van der Waals surface area contributed by atoms with Crippen LogP contribution in [0, 0.1) is 0 Å². The third-order valence-electron chi connectivity index (χ3n) is 4.09. The summed E-state index contributed by atoms with van der Waals surface area (Å²) < 4.78 is 15.6. The van der Waals surface area contributed by atoms with E-state index in [-0.39, 0.29) is 18.1 Å². The number of rotatable bonds is 8. The normalized spacial score (nSPS) is 14.3. The number of nitrogens with one attached hydrogen (secondary N) is 2. The van der Waals surface area contributed by atoms with E-state index >= 15 is 0 Å². The maximum absolute atomic E-state index is 12.3. The summed E-state index contributed by atoms with van der Waals surface area (Å²) in [5, 5.41) is 13.5. The van der Waals surface area contributed by atoms with Crippen molar-refractivity contribution in [3.8, 4) is 11.5 Å². The molecule has 1 aliphatic rings. The Labute approximate surface area is 188 Å². The molecule has 32 heavy (non-hydrogen) atoms. The van der Waals surface area contributed by atoms with Crippen molar-refractivity contribution in [2.24, 2.45) is 10.2 Å². The number of amides is 2. The number of amidine groups is 1. The number of nitrogens with zero attached hydrogens (tertiary/aromatic N) is 2. The van der Waals surface area contributed by atoms with Crippen LogP contribution in [0.1, 0.15) is 15.9 Å². The molecule has 0 radical (unpaired) electrons. The quantitative estimate of drug-likeness (QED) is 0.353. The van der Waals surface area contributed by atoms with Gasteiger partial charge in [0.05, 0.1) is 37.4 Å². The number of para-hydroxylation sites is 1. The van der Waals surface area contributed by atoms with Crippen LogP contribution in [0.5, 0.6) is 11.5 Å². The van der Waals surface area contributed by atoms with Gasteiger partial charge in [-0.1, -0.05) is 23.9 Å². The zero-order valence-electron chi connectivity index (χ0n) is 17.3. The van der Waals surface area contributed by atoms with Gasteiger partial charge in [0.25, 0.3) is 5.91 Å². The second-order valence-electron chi connectivity index (χ2n) is 6.27. The molecule has 2 amide bonds. The molecule has 2 aromatic carbocycles. The standard InChI is InChI=1S/C21H20N4O6S/c1-29-17-9-13(10-22-25-21-24-19(27)12-32-21)7-8-16(17)31-11-18(26)23-15-6-4-3-5-14(15)20(28)30-2/h3-10H,11-12H2,1-2H3,(H,23,26)(H,24,25,27). The molecule has 1 saturated heterocycles. The molecular formula is C21H20N4O6S. The molecule has 0 unspecified atom stereocenters. The van der Waals surface area contributed by atoms with E-state index in [1.54, 1.807) is 42.5 Å². The van der Waals surface area contributed by atoms with Crippen LogP contribution in [-0.2, 0) is 14.3 Å². The Kier molecular flexibility index (Phi) is 7.81. The van der Waals surface area contributed by atoms with Gasteiger partial charge in [-0.2, -0.15) is 5.10 Å². The van der Waals surface area contributed by atoms with E-state index in [4.69, 9.17) is 14.2 Å². The Morgan fingerprint density at radius 3 is 2.72 bits per heavy atom. The molecule has 1 fully saturated rings. The summed E-state index contributed by atoms with van der Waals surface area (Å²) in [7, 11) is 2.74. The molecule has 3 rings (SSSR count). The molecule has 0 bridgehead atoms. The second kappa shape index (κ2) is 11.0. The van der Waals surface area contributed by atoms with Gasteiger partial charge < -0.3 is 24.8 Å². The average molecular weight is 456 g/mol. The predicted molar refractivity (Wildman–Crippen MR) is 121 cm³/mol. The van der Waals surface area contributed by atoms with Gasteiger partial charge >= 0.3 is 5.97 Å². The van der Waals surface area contributed by atoms with Crippen LogP contribution in [0.2, 0.25) is 0 Å². The molecule has 0 aliphatic carbocycles. The molecule has 11 heteroatoms. The van der Waals surface area contributed by atoms with Crippen molar-refractivity contribution in [1.29, 1.82) is 0 Å². The third-order valence-corrected chi connectivity index (χ3v) is 4.96. The monoisotopic (exact) mass is 456 g/mol. The number of thioether (sulfide) groups is 1. The summed E-state index contributed by atoms with van der Waals surface area (Å²) in [4.78, 5) is 35.3. The molecule has 0 atom stereocenters. The van der Waals surface area contributed by atoms with Gasteiger partial charge in [0.2, 0.25) is 5.91 Å². The van der Waals surface area contributed by atoms with Crippen LogP contribution in [0.3, 0.4) is 0 Å². The predicted octanol–water partition coefficient (Wildman–Crippen LogP) is 2.05. The van der Waals surface area contributed by atoms with Crippen LogP contribution in [-0.4, -0.2) is 55.7 Å². The molecule has 0 spiro atoms. The van der Waals surface area contributed by atoms with Crippen LogP contribution in [0.25, 0.3) is 0 Å². The lowest BCUT2D eigenvalue weighted by Crippen LogP contribution is -2.22. The number of hydrogen-bond acceptors (Lipinski definition) is 9. The Bertz CT molecular complexity index is 1090. The van der Waals surface area contributed by atoms with Gasteiger partial charge in [-0.15, -0.1) is 5.10 Å². The highest BCUT2D eigenvalue weighted by atomic mass is 32.2. The maximum atomic E-state index is 12.3. The summed E-state index contributed by atoms with van der Waals surface area (Å²) in [6, 6.07) is 11.5. The van der Waals surface area contributed by atoms with Crippen molar-refractivity contribution in [1.82, 2.24) is 5.32 Å². The van der Waals surface area contributed by atoms with E-state index < -0.39 is 11.9 Å². The minimum absolute atomic E-state index is 0.107. The first-order valence-electron chi connectivity index (χ1n) is 9.32. The van der Waals surface area contributed by atoms with Gasteiger partial charge in [-0.05, 0) is 35.9 Å². The third kappa shape index (κ3) is 6.08. The highest BCUT2D eigenvalue weighted by molar-refractivity contribution is 8.15. The number of ether oxygens (including phenoxy) is 3. The van der Waals surface area contributed by atoms with Crippen molar-refractivity contribution in [2.75, 3.05) is 31.9 Å². The maximum Gasteiger partial charge on any atom is 0.339 e. The smallest absolute Gasteiger partial charge is 0.339 e.